The normalized spacial score (nSPS) is 11.2. The number of benzene rings is 4. The van der Waals surface area contributed by atoms with E-state index in [0.29, 0.717) is 18.7 Å². The number of ether oxygens (including phenoxy) is 2. The smallest absolute Gasteiger partial charge is 0.165 e. The predicted molar refractivity (Wildman–Crippen MR) is 157 cm³/mol. The Labute approximate surface area is 229 Å². The first-order valence-corrected chi connectivity index (χ1v) is 13.4. The summed E-state index contributed by atoms with van der Waals surface area (Å²) >= 11 is 1.69. The van der Waals surface area contributed by atoms with E-state index >= 15 is 0 Å². The van der Waals surface area contributed by atoms with Gasteiger partial charge in [0.15, 0.2) is 11.0 Å². The van der Waals surface area contributed by atoms with Gasteiger partial charge >= 0.3 is 0 Å². The number of amidine groups is 1. The van der Waals surface area contributed by atoms with Crippen LogP contribution in [0.25, 0.3) is 0 Å². The van der Waals surface area contributed by atoms with Crippen LogP contribution in [0.15, 0.2) is 108 Å². The number of aliphatic imine (C=N–C) groups is 1. The molecule has 4 aromatic rings. The molecule has 0 unspecified atom stereocenters. The molecule has 0 saturated carbocycles. The lowest BCUT2D eigenvalue weighted by atomic mass is 10.1. The Kier molecular flexibility index (Phi) is 9.59. The van der Waals surface area contributed by atoms with Crippen molar-refractivity contribution in [1.29, 1.82) is 0 Å². The van der Waals surface area contributed by atoms with Crippen LogP contribution in [-0.2, 0) is 18.8 Å². The second kappa shape index (κ2) is 13.5. The van der Waals surface area contributed by atoms with Crippen LogP contribution < -0.4 is 9.47 Å². The number of hydrogen-bond donors (Lipinski definition) is 0. The third kappa shape index (κ3) is 7.73. The van der Waals surface area contributed by atoms with Crippen molar-refractivity contribution in [3.05, 3.63) is 125 Å². The summed E-state index contributed by atoms with van der Waals surface area (Å²) in [5.41, 5.74) is 4.91. The van der Waals surface area contributed by atoms with E-state index in [1.54, 1.807) is 32.9 Å². The van der Waals surface area contributed by atoms with Crippen LogP contribution in [0.3, 0.4) is 0 Å². The molecular weight excluding hydrogens is 492 g/mol. The highest BCUT2D eigenvalue weighted by molar-refractivity contribution is 8.13. The van der Waals surface area contributed by atoms with E-state index < -0.39 is 0 Å². The minimum atomic E-state index is 0.0221. The summed E-state index contributed by atoms with van der Waals surface area (Å²) in [5, 5.41) is 0.876. The molecule has 0 aliphatic heterocycles. The standard InChI is InChI=1S/C32H32N2O3S/c1-24(35)28-10-7-11-29(20-28)33-32(38-23-27-8-5-4-6-9-27)34(21-25-12-16-30(36-2)17-13-25)22-26-14-18-31(37-3)19-15-26/h4-20H,21-23H2,1-3H3. The maximum absolute atomic E-state index is 12.0. The summed E-state index contributed by atoms with van der Waals surface area (Å²) in [5.74, 6) is 2.44. The molecule has 194 valence electrons. The van der Waals surface area contributed by atoms with E-state index in [1.807, 2.05) is 54.6 Å². The second-order valence-electron chi connectivity index (χ2n) is 8.83. The summed E-state index contributed by atoms with van der Waals surface area (Å²) in [6.07, 6.45) is 0. The number of ketones is 1. The van der Waals surface area contributed by atoms with Gasteiger partial charge in [-0.3, -0.25) is 4.79 Å². The number of Topliss-reactive ketones (excluding diaryl/α,β-unsaturated/α-hetero) is 1. The second-order valence-corrected chi connectivity index (χ2v) is 9.77. The maximum Gasteiger partial charge on any atom is 0.165 e. The van der Waals surface area contributed by atoms with E-state index in [2.05, 4.69) is 53.4 Å². The highest BCUT2D eigenvalue weighted by Crippen LogP contribution is 2.26. The first kappa shape index (κ1) is 27.0. The molecule has 0 aromatic heterocycles. The highest BCUT2D eigenvalue weighted by Gasteiger charge is 2.16. The molecule has 4 rings (SSSR count). The molecule has 6 heteroatoms. The number of rotatable bonds is 10. The van der Waals surface area contributed by atoms with Gasteiger partial charge in [-0.05, 0) is 60.0 Å². The van der Waals surface area contributed by atoms with Crippen LogP contribution in [-0.4, -0.2) is 30.1 Å². The average Bonchev–Trinajstić information content (AvgIpc) is 2.96. The molecule has 0 fully saturated rings. The van der Waals surface area contributed by atoms with Crippen molar-refractivity contribution in [2.75, 3.05) is 14.2 Å². The fourth-order valence-electron chi connectivity index (χ4n) is 3.92. The van der Waals surface area contributed by atoms with Crippen LogP contribution in [0.2, 0.25) is 0 Å². The third-order valence-electron chi connectivity index (χ3n) is 6.02. The quantitative estimate of drug-likeness (QED) is 0.122. The molecule has 0 heterocycles. The molecule has 0 aliphatic rings. The maximum atomic E-state index is 12.0. The van der Waals surface area contributed by atoms with Gasteiger partial charge in [-0.15, -0.1) is 0 Å². The molecule has 0 N–H and O–H groups in total. The first-order chi connectivity index (χ1) is 18.5. The van der Waals surface area contributed by atoms with E-state index in [-0.39, 0.29) is 5.78 Å². The molecule has 0 saturated heterocycles. The average molecular weight is 525 g/mol. The molecule has 0 aliphatic carbocycles. The SMILES string of the molecule is COc1ccc(CN(Cc2ccc(OC)cc2)C(=Nc2cccc(C(C)=O)c2)SCc2ccccc2)cc1. The van der Waals surface area contributed by atoms with E-state index in [9.17, 15) is 4.79 Å². The van der Waals surface area contributed by atoms with Crippen molar-refractivity contribution >= 4 is 28.4 Å². The number of carbonyl (C=O) groups excluding carboxylic acids is 1. The van der Waals surface area contributed by atoms with Crippen molar-refractivity contribution in [2.24, 2.45) is 4.99 Å². The zero-order chi connectivity index (χ0) is 26.7. The van der Waals surface area contributed by atoms with Crippen molar-refractivity contribution < 1.29 is 14.3 Å². The fourth-order valence-corrected chi connectivity index (χ4v) is 4.88. The van der Waals surface area contributed by atoms with Crippen molar-refractivity contribution in [1.82, 2.24) is 4.90 Å². The summed E-state index contributed by atoms with van der Waals surface area (Å²) in [4.78, 5) is 19.4. The molecule has 0 radical (unpaired) electrons. The molecule has 0 amide bonds. The Morgan fingerprint density at radius 3 is 1.84 bits per heavy atom. The topological polar surface area (TPSA) is 51.1 Å². The summed E-state index contributed by atoms with van der Waals surface area (Å²) in [7, 11) is 3.34. The summed E-state index contributed by atoms with van der Waals surface area (Å²) in [6, 6.07) is 34.1. The Morgan fingerprint density at radius 2 is 1.32 bits per heavy atom. The van der Waals surface area contributed by atoms with Crippen molar-refractivity contribution in [3.63, 3.8) is 0 Å². The number of carbonyl (C=O) groups is 1. The molecule has 0 spiro atoms. The van der Waals surface area contributed by atoms with Gasteiger partial charge in [0.05, 0.1) is 19.9 Å². The lowest BCUT2D eigenvalue weighted by Crippen LogP contribution is -2.28. The van der Waals surface area contributed by atoms with Crippen LogP contribution in [0.4, 0.5) is 5.69 Å². The van der Waals surface area contributed by atoms with Gasteiger partial charge in [-0.1, -0.05) is 78.5 Å². The fraction of sp³-hybridized carbons (Fsp3) is 0.188. The Bertz CT molecular complexity index is 1300. The summed E-state index contributed by atoms with van der Waals surface area (Å²) < 4.78 is 10.7. The highest BCUT2D eigenvalue weighted by atomic mass is 32.2. The monoisotopic (exact) mass is 524 g/mol. The lowest BCUT2D eigenvalue weighted by molar-refractivity contribution is 0.101. The van der Waals surface area contributed by atoms with Crippen molar-refractivity contribution in [3.8, 4) is 11.5 Å². The predicted octanol–water partition coefficient (Wildman–Crippen LogP) is 7.53. The first-order valence-electron chi connectivity index (χ1n) is 12.4. The zero-order valence-electron chi connectivity index (χ0n) is 22.0. The number of methoxy groups -OCH3 is 2. The molecule has 0 atom stereocenters. The number of hydrogen-bond acceptors (Lipinski definition) is 5. The van der Waals surface area contributed by atoms with Gasteiger partial charge in [0.25, 0.3) is 0 Å². The van der Waals surface area contributed by atoms with Gasteiger partial charge in [-0.2, -0.15) is 0 Å². The zero-order valence-corrected chi connectivity index (χ0v) is 22.8. The van der Waals surface area contributed by atoms with Crippen LogP contribution in [0, 0.1) is 0 Å². The number of nitrogens with zero attached hydrogens (tertiary/aromatic N) is 2. The van der Waals surface area contributed by atoms with Gasteiger partial charge in [0, 0.05) is 24.4 Å². The lowest BCUT2D eigenvalue weighted by Gasteiger charge is -2.26. The molecule has 4 aromatic carbocycles. The van der Waals surface area contributed by atoms with Crippen LogP contribution in [0.5, 0.6) is 11.5 Å². The van der Waals surface area contributed by atoms with Gasteiger partial charge in [-0.25, -0.2) is 4.99 Å². The molecule has 0 bridgehead atoms. The molecule has 5 nitrogen and oxygen atoms in total. The minimum absolute atomic E-state index is 0.0221. The molecular formula is C32H32N2O3S. The number of thioether (sulfide) groups is 1. The van der Waals surface area contributed by atoms with Gasteiger partial charge in [0.1, 0.15) is 11.5 Å². The largest absolute Gasteiger partial charge is 0.497 e. The van der Waals surface area contributed by atoms with Crippen LogP contribution >= 0.6 is 11.8 Å². The van der Waals surface area contributed by atoms with E-state index in [0.717, 1.165) is 39.2 Å². The molecule has 38 heavy (non-hydrogen) atoms. The Morgan fingerprint density at radius 1 is 0.737 bits per heavy atom. The van der Waals surface area contributed by atoms with Gasteiger partial charge in [0.2, 0.25) is 0 Å². The summed E-state index contributed by atoms with van der Waals surface area (Å²) in [6.45, 7) is 2.89. The van der Waals surface area contributed by atoms with Crippen LogP contribution in [0.1, 0.15) is 34.0 Å². The Balaban J connectivity index is 1.71. The van der Waals surface area contributed by atoms with Gasteiger partial charge < -0.3 is 14.4 Å². The minimum Gasteiger partial charge on any atom is -0.497 e. The van der Waals surface area contributed by atoms with E-state index in [4.69, 9.17) is 14.5 Å². The Hall–Kier alpha value is -4.03. The third-order valence-corrected chi connectivity index (χ3v) is 7.11. The van der Waals surface area contributed by atoms with Crippen molar-refractivity contribution in [2.45, 2.75) is 25.8 Å². The van der Waals surface area contributed by atoms with E-state index in [1.165, 1.54) is 5.56 Å².